The number of anilines is 1. The molecular weight excluding hydrogens is 412 g/mol. The van der Waals surface area contributed by atoms with E-state index in [1.165, 1.54) is 4.31 Å². The van der Waals surface area contributed by atoms with Crippen LogP contribution in [-0.4, -0.2) is 39.8 Å². The number of hydrogen-bond acceptors (Lipinski definition) is 4. The van der Waals surface area contributed by atoms with E-state index in [4.69, 9.17) is 4.74 Å². The summed E-state index contributed by atoms with van der Waals surface area (Å²) in [4.78, 5) is 12.8. The van der Waals surface area contributed by atoms with Crippen molar-refractivity contribution in [3.8, 4) is 5.75 Å². The lowest BCUT2D eigenvalue weighted by Gasteiger charge is -2.29. The first-order chi connectivity index (χ1) is 14.7. The number of nitrogens with one attached hydrogen (secondary N) is 1. The minimum Gasteiger partial charge on any atom is -0.491 e. The highest BCUT2D eigenvalue weighted by Gasteiger charge is 2.30. The fourth-order valence-corrected chi connectivity index (χ4v) is 4.77. The molecule has 0 spiro atoms. The van der Waals surface area contributed by atoms with Crippen molar-refractivity contribution in [1.29, 1.82) is 0 Å². The van der Waals surface area contributed by atoms with Gasteiger partial charge in [-0.2, -0.15) is 0 Å². The Kier molecular flexibility index (Phi) is 6.85. The van der Waals surface area contributed by atoms with Crippen molar-refractivity contribution in [3.05, 3.63) is 71.8 Å². The fraction of sp³-hybridized carbons (Fsp3) is 0.292. The Morgan fingerprint density at radius 1 is 1.06 bits per heavy atom. The maximum atomic E-state index is 12.8. The summed E-state index contributed by atoms with van der Waals surface area (Å²) in [5.74, 6) is 0.362. The molecule has 0 radical (unpaired) electrons. The van der Waals surface area contributed by atoms with Crippen molar-refractivity contribution in [3.63, 3.8) is 0 Å². The van der Waals surface area contributed by atoms with Gasteiger partial charge in [-0.25, -0.2) is 8.42 Å². The van der Waals surface area contributed by atoms with Gasteiger partial charge >= 0.3 is 0 Å². The summed E-state index contributed by atoms with van der Waals surface area (Å²) in [5.41, 5.74) is 2.22. The molecule has 7 heteroatoms. The monoisotopic (exact) mass is 440 g/mol. The summed E-state index contributed by atoms with van der Waals surface area (Å²) >= 11 is 0. The third-order valence-corrected chi connectivity index (χ3v) is 6.33. The van der Waals surface area contributed by atoms with Gasteiger partial charge in [0.25, 0.3) is 0 Å². The van der Waals surface area contributed by atoms with Gasteiger partial charge < -0.3 is 10.1 Å². The van der Waals surface area contributed by atoms with Crippen molar-refractivity contribution in [2.45, 2.75) is 26.8 Å². The number of rotatable bonds is 8. The van der Waals surface area contributed by atoms with E-state index < -0.39 is 16.1 Å². The third kappa shape index (κ3) is 5.35. The minimum absolute atomic E-state index is 0.261. The molecule has 1 amide bonds. The molecule has 164 valence electrons. The lowest BCUT2D eigenvalue weighted by Crippen LogP contribution is -2.48. The molecule has 0 heterocycles. The SMILES string of the molecule is Cc1ccc(C)c(N([C@@H](C)C(=O)NCCOc2cccc3ccccc23)S(C)(=O)=O)c1. The number of amides is 1. The highest BCUT2D eigenvalue weighted by Crippen LogP contribution is 2.27. The van der Waals surface area contributed by atoms with Crippen LogP contribution in [0.25, 0.3) is 10.8 Å². The van der Waals surface area contributed by atoms with E-state index in [1.54, 1.807) is 13.0 Å². The van der Waals surface area contributed by atoms with E-state index in [0.717, 1.165) is 33.9 Å². The quantitative estimate of drug-likeness (QED) is 0.541. The van der Waals surface area contributed by atoms with E-state index in [0.29, 0.717) is 5.69 Å². The number of hydrogen-bond donors (Lipinski definition) is 1. The molecule has 0 aromatic heterocycles. The lowest BCUT2D eigenvalue weighted by atomic mass is 10.1. The second kappa shape index (κ2) is 9.39. The molecule has 0 bridgehead atoms. The van der Waals surface area contributed by atoms with Gasteiger partial charge in [-0.1, -0.05) is 48.5 Å². The highest BCUT2D eigenvalue weighted by atomic mass is 32.2. The van der Waals surface area contributed by atoms with Crippen molar-refractivity contribution < 1.29 is 17.9 Å². The van der Waals surface area contributed by atoms with Gasteiger partial charge in [-0.3, -0.25) is 9.10 Å². The van der Waals surface area contributed by atoms with Crippen LogP contribution in [0.4, 0.5) is 5.69 Å². The zero-order valence-electron chi connectivity index (χ0n) is 18.3. The highest BCUT2D eigenvalue weighted by molar-refractivity contribution is 7.92. The Bertz CT molecular complexity index is 1190. The molecule has 0 aliphatic carbocycles. The number of sulfonamides is 1. The zero-order chi connectivity index (χ0) is 22.6. The maximum Gasteiger partial charge on any atom is 0.243 e. The molecular formula is C24H28N2O4S. The number of ether oxygens (including phenoxy) is 1. The Balaban J connectivity index is 1.66. The molecule has 0 aliphatic heterocycles. The van der Waals surface area contributed by atoms with Gasteiger partial charge in [0.05, 0.1) is 18.5 Å². The van der Waals surface area contributed by atoms with Gasteiger partial charge in [0.2, 0.25) is 15.9 Å². The molecule has 0 aliphatic rings. The Morgan fingerprint density at radius 3 is 2.52 bits per heavy atom. The molecule has 0 saturated carbocycles. The molecule has 3 aromatic rings. The second-order valence-electron chi connectivity index (χ2n) is 7.64. The van der Waals surface area contributed by atoms with Crippen LogP contribution >= 0.6 is 0 Å². The molecule has 0 saturated heterocycles. The molecule has 1 atom stereocenters. The summed E-state index contributed by atoms with van der Waals surface area (Å²) in [7, 11) is -3.66. The lowest BCUT2D eigenvalue weighted by molar-refractivity contribution is -0.121. The number of benzene rings is 3. The summed E-state index contributed by atoms with van der Waals surface area (Å²) < 4.78 is 32.0. The van der Waals surface area contributed by atoms with Gasteiger partial charge in [0, 0.05) is 5.39 Å². The average Bonchev–Trinajstić information content (AvgIpc) is 2.72. The van der Waals surface area contributed by atoms with Crippen molar-refractivity contribution in [1.82, 2.24) is 5.32 Å². The van der Waals surface area contributed by atoms with Crippen LogP contribution in [-0.2, 0) is 14.8 Å². The van der Waals surface area contributed by atoms with Gasteiger partial charge in [-0.05, 0) is 49.4 Å². The number of nitrogens with zero attached hydrogens (tertiary/aromatic N) is 1. The number of aryl methyl sites for hydroxylation is 2. The van der Waals surface area contributed by atoms with Crippen molar-refractivity contribution >= 4 is 32.4 Å². The molecule has 6 nitrogen and oxygen atoms in total. The van der Waals surface area contributed by atoms with Gasteiger partial charge in [0.15, 0.2) is 0 Å². The van der Waals surface area contributed by atoms with Crippen LogP contribution < -0.4 is 14.4 Å². The smallest absolute Gasteiger partial charge is 0.243 e. The van der Waals surface area contributed by atoms with Crippen LogP contribution in [0.2, 0.25) is 0 Å². The van der Waals surface area contributed by atoms with E-state index >= 15 is 0 Å². The fourth-order valence-electron chi connectivity index (χ4n) is 3.54. The first-order valence-electron chi connectivity index (χ1n) is 10.1. The van der Waals surface area contributed by atoms with Crippen molar-refractivity contribution in [2.24, 2.45) is 0 Å². The van der Waals surface area contributed by atoms with Crippen LogP contribution in [0, 0.1) is 13.8 Å². The normalized spacial score (nSPS) is 12.4. The van der Waals surface area contributed by atoms with Crippen LogP contribution in [0.5, 0.6) is 5.75 Å². The number of carbonyl (C=O) groups is 1. The third-order valence-electron chi connectivity index (χ3n) is 5.10. The summed E-state index contributed by atoms with van der Waals surface area (Å²) in [6, 6.07) is 18.4. The van der Waals surface area contributed by atoms with E-state index in [2.05, 4.69) is 5.32 Å². The Labute approximate surface area is 183 Å². The molecule has 31 heavy (non-hydrogen) atoms. The van der Waals surface area contributed by atoms with Crippen LogP contribution in [0.15, 0.2) is 60.7 Å². The Morgan fingerprint density at radius 2 is 1.77 bits per heavy atom. The first kappa shape index (κ1) is 22.6. The van der Waals surface area contributed by atoms with E-state index in [-0.39, 0.29) is 19.1 Å². The Hall–Kier alpha value is -3.06. The summed E-state index contributed by atoms with van der Waals surface area (Å²) in [6.45, 7) is 5.84. The number of carbonyl (C=O) groups excluding carboxylic acids is 1. The summed E-state index contributed by atoms with van der Waals surface area (Å²) in [5, 5.41) is 4.87. The topological polar surface area (TPSA) is 75.7 Å². The molecule has 3 rings (SSSR count). The molecule has 1 N–H and O–H groups in total. The zero-order valence-corrected chi connectivity index (χ0v) is 19.1. The number of fused-ring (bicyclic) bond motifs is 1. The van der Waals surface area contributed by atoms with E-state index in [9.17, 15) is 13.2 Å². The van der Waals surface area contributed by atoms with Crippen LogP contribution in [0.1, 0.15) is 18.1 Å². The van der Waals surface area contributed by atoms with Gasteiger partial charge in [0.1, 0.15) is 18.4 Å². The predicted molar refractivity (Wildman–Crippen MR) is 125 cm³/mol. The largest absolute Gasteiger partial charge is 0.491 e. The van der Waals surface area contributed by atoms with Crippen LogP contribution in [0.3, 0.4) is 0 Å². The van der Waals surface area contributed by atoms with E-state index in [1.807, 2.05) is 68.4 Å². The van der Waals surface area contributed by atoms with Crippen molar-refractivity contribution in [2.75, 3.05) is 23.7 Å². The summed E-state index contributed by atoms with van der Waals surface area (Å²) in [6.07, 6.45) is 1.11. The van der Waals surface area contributed by atoms with Gasteiger partial charge in [-0.15, -0.1) is 0 Å². The minimum atomic E-state index is -3.66. The molecule has 3 aromatic carbocycles. The second-order valence-corrected chi connectivity index (χ2v) is 9.50. The molecule has 0 unspecified atom stereocenters. The maximum absolute atomic E-state index is 12.8. The standard InChI is InChI=1S/C24H28N2O4S/c1-17-12-13-18(2)22(16-17)26(31(4,28)29)19(3)24(27)25-14-15-30-23-11-7-9-20-8-5-6-10-21(20)23/h5-13,16,19H,14-15H2,1-4H3,(H,25,27)/t19-/m0/s1. The first-order valence-corrected chi connectivity index (χ1v) is 12.0. The predicted octanol–water partition coefficient (Wildman–Crippen LogP) is 3.81. The average molecular weight is 441 g/mol. The molecule has 0 fully saturated rings.